The molecule has 0 bridgehead atoms. The second kappa shape index (κ2) is 7.51. The molecular weight excluding hydrogens is 316 g/mol. The van der Waals surface area contributed by atoms with Gasteiger partial charge in [0.05, 0.1) is 11.2 Å². The summed E-state index contributed by atoms with van der Waals surface area (Å²) in [4.78, 5) is 30.8. The maximum absolute atomic E-state index is 12.6. The minimum absolute atomic E-state index is 0.00192. The summed E-state index contributed by atoms with van der Waals surface area (Å²) >= 11 is 0. The molecule has 0 aliphatic carbocycles. The molecule has 1 aliphatic rings. The van der Waals surface area contributed by atoms with Crippen LogP contribution in [-0.2, 0) is 4.79 Å². The van der Waals surface area contributed by atoms with E-state index in [2.05, 4.69) is 15.6 Å². The monoisotopic (exact) mass is 340 g/mol. The Labute approximate surface area is 147 Å². The number of hydrogen-bond donors (Lipinski definition) is 2. The lowest BCUT2D eigenvalue weighted by Crippen LogP contribution is -2.47. The van der Waals surface area contributed by atoms with Gasteiger partial charge in [-0.1, -0.05) is 18.2 Å². The number of urea groups is 1. The van der Waals surface area contributed by atoms with E-state index in [-0.39, 0.29) is 23.9 Å². The van der Waals surface area contributed by atoms with Gasteiger partial charge in [-0.05, 0) is 38.8 Å². The minimum atomic E-state index is -0.0814. The molecule has 1 fully saturated rings. The number of nitrogens with zero attached hydrogens (tertiary/aromatic N) is 2. The van der Waals surface area contributed by atoms with Gasteiger partial charge in [-0.25, -0.2) is 4.79 Å². The number of fused-ring (bicyclic) bond motifs is 1. The third-order valence-electron chi connectivity index (χ3n) is 4.46. The number of hydrogen-bond acceptors (Lipinski definition) is 3. The predicted molar refractivity (Wildman–Crippen MR) is 98.3 cm³/mol. The van der Waals surface area contributed by atoms with Crippen molar-refractivity contribution in [1.82, 2.24) is 15.2 Å². The number of nitrogens with one attached hydrogen (secondary N) is 2. The Balaban J connectivity index is 1.60. The first-order chi connectivity index (χ1) is 12.0. The van der Waals surface area contributed by atoms with Gasteiger partial charge in [-0.2, -0.15) is 0 Å². The van der Waals surface area contributed by atoms with Crippen molar-refractivity contribution in [2.24, 2.45) is 5.92 Å². The van der Waals surface area contributed by atoms with Crippen molar-refractivity contribution in [2.45, 2.75) is 32.7 Å². The molecule has 1 aliphatic heterocycles. The van der Waals surface area contributed by atoms with Crippen LogP contribution in [0.1, 0.15) is 26.7 Å². The van der Waals surface area contributed by atoms with Gasteiger partial charge in [0.15, 0.2) is 0 Å². The Morgan fingerprint density at radius 3 is 2.60 bits per heavy atom. The van der Waals surface area contributed by atoms with E-state index in [1.165, 1.54) is 0 Å². The van der Waals surface area contributed by atoms with Crippen molar-refractivity contribution >= 4 is 28.5 Å². The number of likely N-dealkylation sites (tertiary alicyclic amines) is 1. The van der Waals surface area contributed by atoms with Crippen LogP contribution < -0.4 is 10.6 Å². The lowest BCUT2D eigenvalue weighted by molar-refractivity contribution is -0.121. The molecule has 0 radical (unpaired) electrons. The lowest BCUT2D eigenvalue weighted by Gasteiger charge is -2.32. The number of anilines is 1. The maximum Gasteiger partial charge on any atom is 0.317 e. The standard InChI is InChI=1S/C19H24N4O2/c1-13(2)21-19(25)23-11-8-15(9-12-23)18(24)22-16-7-3-5-14-6-4-10-20-17(14)16/h3-7,10,13,15H,8-9,11-12H2,1-2H3,(H,21,25)(H,22,24). The van der Waals surface area contributed by atoms with E-state index < -0.39 is 0 Å². The minimum Gasteiger partial charge on any atom is -0.336 e. The lowest BCUT2D eigenvalue weighted by atomic mass is 9.96. The fourth-order valence-electron chi connectivity index (χ4n) is 3.12. The van der Waals surface area contributed by atoms with Crippen LogP contribution in [0.4, 0.5) is 10.5 Å². The maximum atomic E-state index is 12.6. The molecule has 6 nitrogen and oxygen atoms in total. The number of pyridine rings is 1. The van der Waals surface area contributed by atoms with Crippen LogP contribution in [0.5, 0.6) is 0 Å². The van der Waals surface area contributed by atoms with Crippen LogP contribution in [0.25, 0.3) is 10.9 Å². The second-order valence-electron chi connectivity index (χ2n) is 6.74. The van der Waals surface area contributed by atoms with E-state index in [1.54, 1.807) is 11.1 Å². The third-order valence-corrected chi connectivity index (χ3v) is 4.46. The van der Waals surface area contributed by atoms with Crippen molar-refractivity contribution in [3.63, 3.8) is 0 Å². The second-order valence-corrected chi connectivity index (χ2v) is 6.74. The summed E-state index contributed by atoms with van der Waals surface area (Å²) in [5, 5.41) is 6.91. The number of amides is 3. The van der Waals surface area contributed by atoms with Crippen molar-refractivity contribution in [3.8, 4) is 0 Å². The number of benzene rings is 1. The number of carbonyl (C=O) groups is 2. The molecule has 2 N–H and O–H groups in total. The van der Waals surface area contributed by atoms with Gasteiger partial charge in [0.25, 0.3) is 0 Å². The molecule has 2 aromatic rings. The molecule has 1 aromatic carbocycles. The Bertz CT molecular complexity index is 762. The Kier molecular flexibility index (Phi) is 5.16. The molecule has 0 unspecified atom stereocenters. The summed E-state index contributed by atoms with van der Waals surface area (Å²) in [7, 11) is 0. The SMILES string of the molecule is CC(C)NC(=O)N1CCC(C(=O)Nc2cccc3cccnc23)CC1. The normalized spacial score (nSPS) is 15.4. The highest BCUT2D eigenvalue weighted by Gasteiger charge is 2.27. The fourth-order valence-corrected chi connectivity index (χ4v) is 3.12. The topological polar surface area (TPSA) is 74.3 Å². The van der Waals surface area contributed by atoms with Gasteiger partial charge in [-0.3, -0.25) is 9.78 Å². The number of carbonyl (C=O) groups excluding carboxylic acids is 2. The quantitative estimate of drug-likeness (QED) is 0.902. The highest BCUT2D eigenvalue weighted by molar-refractivity contribution is 6.01. The molecule has 6 heteroatoms. The summed E-state index contributed by atoms with van der Waals surface area (Å²) in [6, 6.07) is 9.69. The zero-order valence-corrected chi connectivity index (χ0v) is 14.7. The Morgan fingerprint density at radius 2 is 1.88 bits per heavy atom. The van der Waals surface area contributed by atoms with E-state index in [4.69, 9.17) is 0 Å². The molecule has 1 saturated heterocycles. The number of piperidine rings is 1. The highest BCUT2D eigenvalue weighted by atomic mass is 16.2. The molecule has 0 atom stereocenters. The molecule has 2 heterocycles. The zero-order chi connectivity index (χ0) is 17.8. The van der Waals surface area contributed by atoms with Crippen molar-refractivity contribution in [2.75, 3.05) is 18.4 Å². The molecule has 3 amide bonds. The summed E-state index contributed by atoms with van der Waals surface area (Å²) in [5.74, 6) is -0.0795. The average Bonchev–Trinajstić information content (AvgIpc) is 2.61. The van der Waals surface area contributed by atoms with E-state index in [1.807, 2.05) is 44.2 Å². The van der Waals surface area contributed by atoms with Gasteiger partial charge >= 0.3 is 6.03 Å². The summed E-state index contributed by atoms with van der Waals surface area (Å²) in [6.07, 6.45) is 3.08. The summed E-state index contributed by atoms with van der Waals surface area (Å²) < 4.78 is 0. The number of rotatable bonds is 3. The van der Waals surface area contributed by atoms with E-state index in [0.29, 0.717) is 25.9 Å². The third kappa shape index (κ3) is 4.07. The smallest absolute Gasteiger partial charge is 0.317 e. The van der Waals surface area contributed by atoms with Gasteiger partial charge in [-0.15, -0.1) is 0 Å². The van der Waals surface area contributed by atoms with Gasteiger partial charge < -0.3 is 15.5 Å². The number of aromatic nitrogens is 1. The first-order valence-corrected chi connectivity index (χ1v) is 8.74. The molecule has 132 valence electrons. The average molecular weight is 340 g/mol. The molecule has 0 saturated carbocycles. The number of para-hydroxylation sites is 1. The molecular formula is C19H24N4O2. The first-order valence-electron chi connectivity index (χ1n) is 8.74. The largest absolute Gasteiger partial charge is 0.336 e. The molecule has 0 spiro atoms. The van der Waals surface area contributed by atoms with Crippen LogP contribution in [0.2, 0.25) is 0 Å². The summed E-state index contributed by atoms with van der Waals surface area (Å²) in [6.45, 7) is 5.08. The van der Waals surface area contributed by atoms with E-state index >= 15 is 0 Å². The van der Waals surface area contributed by atoms with E-state index in [0.717, 1.165) is 16.6 Å². The van der Waals surface area contributed by atoms with Crippen molar-refractivity contribution in [3.05, 3.63) is 36.5 Å². The van der Waals surface area contributed by atoms with Crippen molar-refractivity contribution < 1.29 is 9.59 Å². The Hall–Kier alpha value is -2.63. The van der Waals surface area contributed by atoms with Crippen LogP contribution in [0.3, 0.4) is 0 Å². The van der Waals surface area contributed by atoms with Gasteiger partial charge in [0.2, 0.25) is 5.91 Å². The first kappa shape index (κ1) is 17.2. The van der Waals surface area contributed by atoms with E-state index in [9.17, 15) is 9.59 Å². The van der Waals surface area contributed by atoms with Crippen LogP contribution in [0, 0.1) is 5.92 Å². The highest BCUT2D eigenvalue weighted by Crippen LogP contribution is 2.24. The van der Waals surface area contributed by atoms with Gasteiger partial charge in [0.1, 0.15) is 0 Å². The van der Waals surface area contributed by atoms with Crippen LogP contribution >= 0.6 is 0 Å². The molecule has 3 rings (SSSR count). The summed E-state index contributed by atoms with van der Waals surface area (Å²) in [5.41, 5.74) is 1.54. The Morgan fingerprint density at radius 1 is 1.16 bits per heavy atom. The van der Waals surface area contributed by atoms with Crippen molar-refractivity contribution in [1.29, 1.82) is 0 Å². The molecule has 25 heavy (non-hydrogen) atoms. The van der Waals surface area contributed by atoms with Gasteiger partial charge in [0, 0.05) is 36.6 Å². The van der Waals surface area contributed by atoms with Crippen LogP contribution in [-0.4, -0.2) is 41.0 Å². The molecule has 1 aromatic heterocycles. The van der Waals surface area contributed by atoms with Crippen LogP contribution in [0.15, 0.2) is 36.5 Å². The zero-order valence-electron chi connectivity index (χ0n) is 14.7. The predicted octanol–water partition coefficient (Wildman–Crippen LogP) is 3.00. The fraction of sp³-hybridized carbons (Fsp3) is 0.421.